The van der Waals surface area contributed by atoms with Crippen molar-refractivity contribution in [3.05, 3.63) is 42.0 Å². The monoisotopic (exact) mass is 290 g/mol. The minimum atomic E-state index is 0.352. The lowest BCUT2D eigenvalue weighted by Gasteiger charge is -2.06. The van der Waals surface area contributed by atoms with Gasteiger partial charge in [0, 0.05) is 13.2 Å². The van der Waals surface area contributed by atoms with E-state index in [-0.39, 0.29) is 0 Å². The Kier molecular flexibility index (Phi) is 3.36. The van der Waals surface area contributed by atoms with Crippen molar-refractivity contribution in [1.29, 1.82) is 0 Å². The molecular weight excluding hydrogens is 276 g/mol. The number of nitrogens with zero attached hydrogens (tertiary/aromatic N) is 4. The van der Waals surface area contributed by atoms with Gasteiger partial charge in [0.05, 0.1) is 30.7 Å². The highest BCUT2D eigenvalue weighted by Crippen LogP contribution is 2.26. The average molecular weight is 291 g/mol. The van der Waals surface area contributed by atoms with Crippen LogP contribution >= 0.6 is 11.6 Å². The molecule has 0 unspecified atom stereocenters. The van der Waals surface area contributed by atoms with E-state index >= 15 is 0 Å². The van der Waals surface area contributed by atoms with Crippen LogP contribution in [-0.2, 0) is 19.5 Å². The fraction of sp³-hybridized carbons (Fsp3) is 0.286. The summed E-state index contributed by atoms with van der Waals surface area (Å²) in [7, 11) is 3.55. The molecule has 1 aromatic carbocycles. The molecule has 0 radical (unpaired) electrons. The van der Waals surface area contributed by atoms with E-state index in [1.54, 1.807) is 11.8 Å². The quantitative estimate of drug-likeness (QED) is 0.694. The Morgan fingerprint density at radius 2 is 2.15 bits per heavy atom. The number of methoxy groups -OCH3 is 1. The van der Waals surface area contributed by atoms with Crippen LogP contribution in [0.1, 0.15) is 11.5 Å². The molecule has 0 amide bonds. The first-order chi connectivity index (χ1) is 9.72. The number of para-hydroxylation sites is 1. The molecule has 0 bridgehead atoms. The zero-order valence-corrected chi connectivity index (χ0v) is 12.1. The Hall–Kier alpha value is -2.01. The summed E-state index contributed by atoms with van der Waals surface area (Å²) < 4.78 is 9.22. The molecule has 0 aliphatic carbocycles. The summed E-state index contributed by atoms with van der Waals surface area (Å²) in [4.78, 5) is 4.58. The second-order valence-corrected chi connectivity index (χ2v) is 4.82. The molecule has 6 heteroatoms. The van der Waals surface area contributed by atoms with Gasteiger partial charge in [-0.3, -0.25) is 4.68 Å². The van der Waals surface area contributed by atoms with Gasteiger partial charge in [0.25, 0.3) is 0 Å². The molecule has 3 aromatic rings. The Labute approximate surface area is 121 Å². The molecule has 20 heavy (non-hydrogen) atoms. The Balaban J connectivity index is 2.13. The summed E-state index contributed by atoms with van der Waals surface area (Å²) in [6.45, 7) is 0.645. The maximum atomic E-state index is 6.02. The van der Waals surface area contributed by atoms with Crippen LogP contribution in [0.3, 0.4) is 0 Å². The first-order valence-corrected chi connectivity index (χ1v) is 6.83. The maximum absolute atomic E-state index is 6.02. The van der Waals surface area contributed by atoms with Crippen molar-refractivity contribution < 1.29 is 4.74 Å². The van der Waals surface area contributed by atoms with Crippen LogP contribution in [0, 0.1) is 0 Å². The number of alkyl halides is 1. The summed E-state index contributed by atoms with van der Waals surface area (Å²) in [6.07, 6.45) is 1.93. The molecular formula is C14H15ClN4O. The summed E-state index contributed by atoms with van der Waals surface area (Å²) >= 11 is 6.02. The zero-order chi connectivity index (χ0) is 14.1. The van der Waals surface area contributed by atoms with Crippen LogP contribution in [0.4, 0.5) is 0 Å². The van der Waals surface area contributed by atoms with Crippen molar-refractivity contribution >= 4 is 22.6 Å². The van der Waals surface area contributed by atoms with Crippen molar-refractivity contribution in [2.45, 2.75) is 12.4 Å². The first-order valence-electron chi connectivity index (χ1n) is 6.29. The lowest BCUT2D eigenvalue weighted by atomic mass is 10.3. The molecule has 2 aromatic heterocycles. The molecule has 0 aliphatic heterocycles. The fourth-order valence-electron chi connectivity index (χ4n) is 2.32. The topological polar surface area (TPSA) is 44.9 Å². The summed E-state index contributed by atoms with van der Waals surface area (Å²) in [5, 5.41) is 4.40. The third-order valence-corrected chi connectivity index (χ3v) is 3.49. The van der Waals surface area contributed by atoms with Gasteiger partial charge in [0.2, 0.25) is 0 Å². The predicted molar refractivity (Wildman–Crippen MR) is 78.2 cm³/mol. The van der Waals surface area contributed by atoms with E-state index in [0.29, 0.717) is 12.4 Å². The molecule has 0 saturated heterocycles. The van der Waals surface area contributed by atoms with Gasteiger partial charge in [-0.05, 0) is 18.2 Å². The second kappa shape index (κ2) is 5.17. The number of hydrogen-bond donors (Lipinski definition) is 0. The van der Waals surface area contributed by atoms with Gasteiger partial charge in [0.1, 0.15) is 17.1 Å². The third kappa shape index (κ3) is 2.14. The molecule has 5 nitrogen and oxygen atoms in total. The minimum Gasteiger partial charge on any atom is -0.494 e. The van der Waals surface area contributed by atoms with Gasteiger partial charge >= 0.3 is 0 Å². The highest BCUT2D eigenvalue weighted by Gasteiger charge is 2.14. The number of rotatable bonds is 4. The van der Waals surface area contributed by atoms with Crippen molar-refractivity contribution in [1.82, 2.24) is 19.3 Å². The van der Waals surface area contributed by atoms with Crippen molar-refractivity contribution in [2.24, 2.45) is 7.05 Å². The van der Waals surface area contributed by atoms with E-state index in [1.807, 2.05) is 37.5 Å². The van der Waals surface area contributed by atoms with Crippen LogP contribution < -0.4 is 4.74 Å². The first kappa shape index (κ1) is 13.0. The highest BCUT2D eigenvalue weighted by molar-refractivity contribution is 6.16. The molecule has 0 fully saturated rings. The van der Waals surface area contributed by atoms with Gasteiger partial charge in [0.15, 0.2) is 0 Å². The summed E-state index contributed by atoms with van der Waals surface area (Å²) in [5.74, 6) is 1.93. The van der Waals surface area contributed by atoms with Gasteiger partial charge < -0.3 is 9.30 Å². The number of halogens is 1. The Morgan fingerprint density at radius 1 is 1.30 bits per heavy atom. The maximum Gasteiger partial charge on any atom is 0.146 e. The van der Waals surface area contributed by atoms with Crippen molar-refractivity contribution in [2.75, 3.05) is 7.11 Å². The smallest absolute Gasteiger partial charge is 0.146 e. The van der Waals surface area contributed by atoms with Gasteiger partial charge in [-0.15, -0.1) is 11.6 Å². The molecule has 0 N–H and O–H groups in total. The fourth-order valence-corrected chi connectivity index (χ4v) is 2.53. The zero-order valence-electron chi connectivity index (χ0n) is 11.4. The molecule has 0 spiro atoms. The Bertz CT molecular complexity index is 747. The summed E-state index contributed by atoms with van der Waals surface area (Å²) in [6, 6.07) is 7.86. The molecule has 0 atom stereocenters. The second-order valence-electron chi connectivity index (χ2n) is 4.56. The minimum absolute atomic E-state index is 0.352. The van der Waals surface area contributed by atoms with Crippen LogP contribution in [0.5, 0.6) is 5.75 Å². The number of fused-ring (bicyclic) bond motifs is 1. The van der Waals surface area contributed by atoms with Gasteiger partial charge in [-0.25, -0.2) is 4.98 Å². The average Bonchev–Trinajstić information content (AvgIpc) is 3.03. The van der Waals surface area contributed by atoms with Crippen LogP contribution in [0.15, 0.2) is 30.5 Å². The molecule has 2 heterocycles. The standard InChI is InChI=1S/C14H15ClN4O/c1-18-7-6-10(17-18)9-19-11-4-3-5-12(20-2)14(11)16-13(19)8-15/h3-7H,8-9H2,1-2H3. The van der Waals surface area contributed by atoms with E-state index in [9.17, 15) is 0 Å². The number of benzene rings is 1. The molecule has 104 valence electrons. The van der Waals surface area contributed by atoms with Gasteiger partial charge in [-0.1, -0.05) is 6.07 Å². The van der Waals surface area contributed by atoms with E-state index in [4.69, 9.17) is 16.3 Å². The van der Waals surface area contributed by atoms with E-state index < -0.39 is 0 Å². The van der Waals surface area contributed by atoms with Crippen LogP contribution in [0.2, 0.25) is 0 Å². The third-order valence-electron chi connectivity index (χ3n) is 3.25. The van der Waals surface area contributed by atoms with Crippen molar-refractivity contribution in [3.8, 4) is 5.75 Å². The number of ether oxygens (including phenoxy) is 1. The molecule has 3 rings (SSSR count). The Morgan fingerprint density at radius 3 is 2.80 bits per heavy atom. The van der Waals surface area contributed by atoms with E-state index in [2.05, 4.69) is 14.6 Å². The molecule has 0 saturated carbocycles. The highest BCUT2D eigenvalue weighted by atomic mass is 35.5. The lowest BCUT2D eigenvalue weighted by molar-refractivity contribution is 0.419. The number of aromatic nitrogens is 4. The van der Waals surface area contributed by atoms with E-state index in [1.165, 1.54) is 0 Å². The van der Waals surface area contributed by atoms with Crippen LogP contribution in [0.25, 0.3) is 11.0 Å². The lowest BCUT2D eigenvalue weighted by Crippen LogP contribution is -2.05. The molecule has 0 aliphatic rings. The number of hydrogen-bond acceptors (Lipinski definition) is 3. The predicted octanol–water partition coefficient (Wildman–Crippen LogP) is 2.57. The number of imidazole rings is 1. The van der Waals surface area contributed by atoms with E-state index in [0.717, 1.165) is 28.3 Å². The largest absolute Gasteiger partial charge is 0.494 e. The number of aryl methyl sites for hydroxylation is 1. The summed E-state index contributed by atoms with van der Waals surface area (Å²) in [5.41, 5.74) is 2.81. The SMILES string of the molecule is COc1cccc2c1nc(CCl)n2Cc1ccn(C)n1. The normalized spacial score (nSPS) is 11.2. The van der Waals surface area contributed by atoms with Gasteiger partial charge in [-0.2, -0.15) is 5.10 Å². The van der Waals surface area contributed by atoms with Crippen molar-refractivity contribution in [3.63, 3.8) is 0 Å². The van der Waals surface area contributed by atoms with Crippen LogP contribution in [-0.4, -0.2) is 26.4 Å².